The number of hydrogen-bond donors (Lipinski definition) is 3. The zero-order valence-corrected chi connectivity index (χ0v) is 20.0. The first-order valence-electron chi connectivity index (χ1n) is 11.3. The average molecular weight is 501 g/mol. The van der Waals surface area contributed by atoms with Crippen LogP contribution in [0.4, 0.5) is 19.3 Å². The van der Waals surface area contributed by atoms with Crippen molar-refractivity contribution in [3.05, 3.63) is 75.7 Å². The highest BCUT2D eigenvalue weighted by molar-refractivity contribution is 7.09. The van der Waals surface area contributed by atoms with Crippen LogP contribution >= 0.6 is 11.3 Å². The summed E-state index contributed by atoms with van der Waals surface area (Å²) in [5.74, 6) is -1.19. The summed E-state index contributed by atoms with van der Waals surface area (Å²) in [7, 11) is 0. The van der Waals surface area contributed by atoms with Gasteiger partial charge in [-0.1, -0.05) is 30.5 Å². The molecule has 3 N–H and O–H groups in total. The number of benzene rings is 2. The van der Waals surface area contributed by atoms with Crippen LogP contribution in [-0.4, -0.2) is 29.0 Å². The molecule has 10 heteroatoms. The molecule has 0 bridgehead atoms. The van der Waals surface area contributed by atoms with Crippen molar-refractivity contribution in [3.63, 3.8) is 0 Å². The number of anilines is 1. The van der Waals surface area contributed by atoms with Gasteiger partial charge in [0, 0.05) is 17.5 Å². The molecule has 1 heterocycles. The van der Waals surface area contributed by atoms with Crippen molar-refractivity contribution in [2.45, 2.75) is 51.3 Å². The Morgan fingerprint density at radius 3 is 2.49 bits per heavy atom. The van der Waals surface area contributed by atoms with E-state index in [-0.39, 0.29) is 30.3 Å². The molecule has 0 saturated heterocycles. The third-order valence-electron chi connectivity index (χ3n) is 5.75. The van der Waals surface area contributed by atoms with Crippen LogP contribution in [0.5, 0.6) is 5.75 Å². The maximum atomic E-state index is 13.8. The molecule has 4 rings (SSSR count). The predicted octanol–water partition coefficient (Wildman–Crippen LogP) is 5.17. The second-order valence-electron chi connectivity index (χ2n) is 8.42. The molecule has 1 aromatic heterocycles. The third-order valence-corrected chi connectivity index (χ3v) is 6.57. The Kier molecular flexibility index (Phi) is 7.91. The molecule has 1 saturated carbocycles. The van der Waals surface area contributed by atoms with Crippen LogP contribution in [0.15, 0.2) is 47.8 Å². The molecule has 1 aliphatic rings. The van der Waals surface area contributed by atoms with Crippen molar-refractivity contribution in [3.8, 4) is 5.75 Å². The summed E-state index contributed by atoms with van der Waals surface area (Å²) in [5.41, 5.74) is 1.31. The molecular formula is C25H26F2N4O3S. The molecule has 0 radical (unpaired) electrons. The highest BCUT2D eigenvalue weighted by atomic mass is 32.1. The molecule has 184 valence electrons. The summed E-state index contributed by atoms with van der Waals surface area (Å²) in [4.78, 5) is 29.6. The fraction of sp³-hybridized carbons (Fsp3) is 0.320. The maximum absolute atomic E-state index is 13.8. The van der Waals surface area contributed by atoms with Gasteiger partial charge in [0.2, 0.25) is 0 Å². The van der Waals surface area contributed by atoms with Gasteiger partial charge in [0.15, 0.2) is 0 Å². The molecule has 0 aliphatic heterocycles. The van der Waals surface area contributed by atoms with Crippen molar-refractivity contribution in [1.82, 2.24) is 15.6 Å². The number of nitrogens with zero attached hydrogens (tertiary/aromatic N) is 1. The number of ether oxygens (including phenoxy) is 1. The number of hydrogen-bond acceptors (Lipinski definition) is 5. The Hall–Kier alpha value is -3.53. The number of nitrogens with one attached hydrogen (secondary N) is 3. The van der Waals surface area contributed by atoms with Gasteiger partial charge in [-0.15, -0.1) is 11.3 Å². The number of rotatable bonds is 7. The first kappa shape index (κ1) is 24.6. The number of carbonyl (C=O) groups excluding carboxylic acids is 2. The lowest BCUT2D eigenvalue weighted by molar-refractivity contribution is 0.0911. The van der Waals surface area contributed by atoms with Crippen LogP contribution in [0, 0.1) is 18.6 Å². The monoisotopic (exact) mass is 500 g/mol. The quantitative estimate of drug-likeness (QED) is 0.417. The molecule has 3 amide bonds. The van der Waals surface area contributed by atoms with Crippen molar-refractivity contribution >= 4 is 29.0 Å². The Morgan fingerprint density at radius 1 is 1.06 bits per heavy atom. The summed E-state index contributed by atoms with van der Waals surface area (Å²) < 4.78 is 32.7. The van der Waals surface area contributed by atoms with E-state index in [1.165, 1.54) is 11.3 Å². The number of amides is 3. The van der Waals surface area contributed by atoms with Gasteiger partial charge in [0.1, 0.15) is 34.7 Å². The van der Waals surface area contributed by atoms with Crippen LogP contribution in [-0.2, 0) is 6.61 Å². The average Bonchev–Trinajstić information content (AvgIpc) is 3.31. The summed E-state index contributed by atoms with van der Waals surface area (Å²) in [6.45, 7) is 2.26. The number of aromatic nitrogens is 1. The van der Waals surface area contributed by atoms with E-state index < -0.39 is 17.7 Å². The van der Waals surface area contributed by atoms with E-state index in [0.29, 0.717) is 29.6 Å². The standard InChI is InChI=1S/C25H26F2N4O3S/c1-15-6-9-17(10-7-15)34-13-23-28-22(14-35-23)24(32)29-20-4-2-3-5-21(20)31-25(33)30-19-11-8-16(26)12-18(19)27/h6-12,14,20-21H,2-5,13H2,1H3,(H,29,32)(H2,30,31,33). The maximum Gasteiger partial charge on any atom is 0.319 e. The molecule has 7 nitrogen and oxygen atoms in total. The van der Waals surface area contributed by atoms with Crippen molar-refractivity contribution in [2.24, 2.45) is 0 Å². The van der Waals surface area contributed by atoms with Crippen LogP contribution in [0.2, 0.25) is 0 Å². The Morgan fingerprint density at radius 2 is 1.77 bits per heavy atom. The number of aryl methyl sites for hydroxylation is 1. The summed E-state index contributed by atoms with van der Waals surface area (Å²) in [5, 5.41) is 10.5. The first-order valence-corrected chi connectivity index (χ1v) is 12.2. The molecular weight excluding hydrogens is 474 g/mol. The fourth-order valence-electron chi connectivity index (χ4n) is 3.90. The molecule has 1 fully saturated rings. The molecule has 2 atom stereocenters. The topological polar surface area (TPSA) is 92.3 Å². The lowest BCUT2D eigenvalue weighted by Gasteiger charge is -2.32. The van der Waals surface area contributed by atoms with Crippen molar-refractivity contribution in [2.75, 3.05) is 5.32 Å². The van der Waals surface area contributed by atoms with E-state index in [4.69, 9.17) is 4.74 Å². The first-order chi connectivity index (χ1) is 16.9. The van der Waals surface area contributed by atoms with E-state index in [0.717, 1.165) is 36.3 Å². The van der Waals surface area contributed by atoms with Gasteiger partial charge in [-0.05, 0) is 44.0 Å². The summed E-state index contributed by atoms with van der Waals surface area (Å²) in [6, 6.07) is 9.36. The van der Waals surface area contributed by atoms with E-state index in [9.17, 15) is 18.4 Å². The second kappa shape index (κ2) is 11.3. The van der Waals surface area contributed by atoms with Gasteiger partial charge in [-0.25, -0.2) is 18.6 Å². The van der Waals surface area contributed by atoms with Crippen molar-refractivity contribution in [1.29, 1.82) is 0 Å². The van der Waals surface area contributed by atoms with Crippen LogP contribution in [0.3, 0.4) is 0 Å². The Labute approximate surface area is 205 Å². The number of halogens is 2. The Balaban J connectivity index is 1.31. The normalized spacial score (nSPS) is 17.5. The van der Waals surface area contributed by atoms with Gasteiger partial charge < -0.3 is 20.7 Å². The zero-order chi connectivity index (χ0) is 24.8. The molecule has 2 unspecified atom stereocenters. The lowest BCUT2D eigenvalue weighted by atomic mass is 9.90. The van der Waals surface area contributed by atoms with Gasteiger partial charge in [-0.3, -0.25) is 4.79 Å². The van der Waals surface area contributed by atoms with Gasteiger partial charge in [0.05, 0.1) is 11.7 Å². The second-order valence-corrected chi connectivity index (χ2v) is 9.36. The van der Waals surface area contributed by atoms with E-state index in [1.807, 2.05) is 31.2 Å². The minimum absolute atomic E-state index is 0.122. The summed E-state index contributed by atoms with van der Waals surface area (Å²) >= 11 is 1.34. The number of thiazole rings is 1. The molecule has 35 heavy (non-hydrogen) atoms. The van der Waals surface area contributed by atoms with E-state index in [2.05, 4.69) is 20.9 Å². The SMILES string of the molecule is Cc1ccc(OCc2nc(C(=O)NC3CCCCC3NC(=O)Nc3ccc(F)cc3F)cs2)cc1. The van der Waals surface area contributed by atoms with Gasteiger partial charge >= 0.3 is 6.03 Å². The lowest BCUT2D eigenvalue weighted by Crippen LogP contribution is -2.54. The molecule has 1 aliphatic carbocycles. The third kappa shape index (κ3) is 6.75. The van der Waals surface area contributed by atoms with E-state index in [1.54, 1.807) is 5.38 Å². The smallest absolute Gasteiger partial charge is 0.319 e. The minimum atomic E-state index is -0.862. The fourth-order valence-corrected chi connectivity index (χ4v) is 4.58. The van der Waals surface area contributed by atoms with Gasteiger partial charge in [-0.2, -0.15) is 0 Å². The van der Waals surface area contributed by atoms with Crippen molar-refractivity contribution < 1.29 is 23.1 Å². The largest absolute Gasteiger partial charge is 0.486 e. The number of urea groups is 1. The predicted molar refractivity (Wildman–Crippen MR) is 130 cm³/mol. The highest BCUT2D eigenvalue weighted by Crippen LogP contribution is 2.21. The molecule has 3 aromatic rings. The molecule has 2 aromatic carbocycles. The Bertz CT molecular complexity index is 1190. The summed E-state index contributed by atoms with van der Waals surface area (Å²) in [6.07, 6.45) is 3.15. The zero-order valence-electron chi connectivity index (χ0n) is 19.1. The van der Waals surface area contributed by atoms with E-state index >= 15 is 0 Å². The highest BCUT2D eigenvalue weighted by Gasteiger charge is 2.29. The minimum Gasteiger partial charge on any atom is -0.486 e. The molecule has 0 spiro atoms. The van der Waals surface area contributed by atoms with Crippen LogP contribution < -0.4 is 20.7 Å². The number of carbonyl (C=O) groups is 2. The van der Waals surface area contributed by atoms with Crippen LogP contribution in [0.25, 0.3) is 0 Å². The van der Waals surface area contributed by atoms with Gasteiger partial charge in [0.25, 0.3) is 5.91 Å². The van der Waals surface area contributed by atoms with Crippen LogP contribution in [0.1, 0.15) is 46.7 Å².